The third kappa shape index (κ3) is 3.66. The van der Waals surface area contributed by atoms with Gasteiger partial charge in [-0.3, -0.25) is 4.98 Å². The minimum atomic E-state index is -0.973. The molecule has 0 saturated carbocycles. The number of carbonyl (C=O) groups is 1. The summed E-state index contributed by atoms with van der Waals surface area (Å²) in [5.41, 5.74) is 1.84. The highest BCUT2D eigenvalue weighted by molar-refractivity contribution is 5.84. The summed E-state index contributed by atoms with van der Waals surface area (Å²) in [4.78, 5) is 16.6. The van der Waals surface area contributed by atoms with Gasteiger partial charge in [-0.15, -0.1) is 0 Å². The predicted octanol–water partition coefficient (Wildman–Crippen LogP) is 3.57. The molecular weight excluding hydrogens is 318 g/mol. The van der Waals surface area contributed by atoms with Crippen molar-refractivity contribution in [2.24, 2.45) is 0 Å². The molecule has 1 aliphatic heterocycles. The van der Waals surface area contributed by atoms with Crippen molar-refractivity contribution < 1.29 is 19.0 Å². The van der Waals surface area contributed by atoms with Crippen molar-refractivity contribution in [1.82, 2.24) is 4.98 Å². The maximum atomic E-state index is 12.1. The van der Waals surface area contributed by atoms with Crippen LogP contribution < -0.4 is 4.74 Å². The number of aromatic nitrogens is 1. The Morgan fingerprint density at radius 2 is 2.12 bits per heavy atom. The molecule has 1 fully saturated rings. The third-order valence-electron chi connectivity index (χ3n) is 4.32. The number of nitrogens with zero attached hydrogens (tertiary/aromatic N) is 1. The SMILES string of the molecule is CCOC(=O)C1(c2cccc(OC(C)c3ccc(CC)cn3)c2)CO1. The van der Waals surface area contributed by atoms with Crippen molar-refractivity contribution in [3.63, 3.8) is 0 Å². The number of hydrogen-bond donors (Lipinski definition) is 0. The fourth-order valence-corrected chi connectivity index (χ4v) is 2.69. The van der Waals surface area contributed by atoms with E-state index in [1.54, 1.807) is 6.92 Å². The molecule has 5 nitrogen and oxygen atoms in total. The first-order chi connectivity index (χ1) is 12.1. The number of ether oxygens (including phenoxy) is 3. The molecular formula is C20H23NO4. The molecule has 2 unspecified atom stereocenters. The monoisotopic (exact) mass is 341 g/mol. The van der Waals surface area contributed by atoms with Crippen LogP contribution in [0.5, 0.6) is 5.75 Å². The van der Waals surface area contributed by atoms with Gasteiger partial charge < -0.3 is 14.2 Å². The van der Waals surface area contributed by atoms with Gasteiger partial charge >= 0.3 is 5.97 Å². The second-order valence-corrected chi connectivity index (χ2v) is 6.07. The van der Waals surface area contributed by atoms with E-state index < -0.39 is 5.60 Å². The average molecular weight is 341 g/mol. The lowest BCUT2D eigenvalue weighted by atomic mass is 10.00. The number of pyridine rings is 1. The number of epoxide rings is 1. The minimum absolute atomic E-state index is 0.195. The first-order valence-corrected chi connectivity index (χ1v) is 8.62. The molecule has 1 saturated heterocycles. The van der Waals surface area contributed by atoms with Gasteiger partial charge in [0.25, 0.3) is 0 Å². The third-order valence-corrected chi connectivity index (χ3v) is 4.32. The lowest BCUT2D eigenvalue weighted by Crippen LogP contribution is -2.24. The number of esters is 1. The molecule has 0 bridgehead atoms. The number of benzene rings is 1. The van der Waals surface area contributed by atoms with Crippen LogP contribution in [0.25, 0.3) is 0 Å². The number of carbonyl (C=O) groups excluding carboxylic acids is 1. The molecule has 1 aliphatic rings. The fraction of sp³-hybridized carbons (Fsp3) is 0.400. The van der Waals surface area contributed by atoms with Crippen molar-refractivity contribution >= 4 is 5.97 Å². The van der Waals surface area contributed by atoms with Crippen LogP contribution in [0.2, 0.25) is 0 Å². The van der Waals surface area contributed by atoms with Gasteiger partial charge in [0.05, 0.1) is 18.9 Å². The summed E-state index contributed by atoms with van der Waals surface area (Å²) < 4.78 is 16.6. The molecule has 2 aromatic rings. The molecule has 0 spiro atoms. The lowest BCUT2D eigenvalue weighted by Gasteiger charge is -2.17. The number of aryl methyl sites for hydroxylation is 1. The van der Waals surface area contributed by atoms with E-state index in [1.807, 2.05) is 43.5 Å². The van der Waals surface area contributed by atoms with Gasteiger partial charge in [-0.25, -0.2) is 4.79 Å². The summed E-state index contributed by atoms with van der Waals surface area (Å²) in [6.45, 7) is 6.50. The van der Waals surface area contributed by atoms with Gasteiger partial charge in [-0.2, -0.15) is 0 Å². The van der Waals surface area contributed by atoms with Gasteiger partial charge in [0.1, 0.15) is 11.9 Å². The maximum Gasteiger partial charge on any atom is 0.345 e. The van der Waals surface area contributed by atoms with E-state index in [2.05, 4.69) is 18.0 Å². The molecule has 132 valence electrons. The van der Waals surface area contributed by atoms with E-state index in [4.69, 9.17) is 14.2 Å². The maximum absolute atomic E-state index is 12.1. The molecule has 0 amide bonds. The number of rotatable bonds is 7. The van der Waals surface area contributed by atoms with E-state index in [-0.39, 0.29) is 12.1 Å². The Kier molecular flexibility index (Phi) is 5.04. The van der Waals surface area contributed by atoms with Crippen molar-refractivity contribution in [3.05, 3.63) is 59.4 Å². The van der Waals surface area contributed by atoms with Crippen molar-refractivity contribution in [2.75, 3.05) is 13.2 Å². The van der Waals surface area contributed by atoms with Crippen LogP contribution in [0.4, 0.5) is 0 Å². The van der Waals surface area contributed by atoms with Crippen LogP contribution in [0.15, 0.2) is 42.6 Å². The van der Waals surface area contributed by atoms with Crippen LogP contribution in [-0.2, 0) is 26.3 Å². The largest absolute Gasteiger partial charge is 0.484 e. The minimum Gasteiger partial charge on any atom is -0.484 e. The van der Waals surface area contributed by atoms with Gasteiger partial charge in [-0.05, 0) is 44.0 Å². The second-order valence-electron chi connectivity index (χ2n) is 6.07. The summed E-state index contributed by atoms with van der Waals surface area (Å²) >= 11 is 0. The van der Waals surface area contributed by atoms with E-state index in [0.29, 0.717) is 19.0 Å². The van der Waals surface area contributed by atoms with Crippen molar-refractivity contribution in [1.29, 1.82) is 0 Å². The molecule has 5 heteroatoms. The van der Waals surface area contributed by atoms with Crippen molar-refractivity contribution in [2.45, 2.75) is 38.9 Å². The van der Waals surface area contributed by atoms with Crippen LogP contribution >= 0.6 is 0 Å². The van der Waals surface area contributed by atoms with E-state index >= 15 is 0 Å². The molecule has 1 aromatic carbocycles. The van der Waals surface area contributed by atoms with Crippen LogP contribution in [-0.4, -0.2) is 24.2 Å². The molecule has 2 heterocycles. The lowest BCUT2D eigenvalue weighted by molar-refractivity contribution is -0.149. The summed E-state index contributed by atoms with van der Waals surface area (Å²) in [5.74, 6) is 0.322. The standard InChI is InChI=1S/C20H23NO4/c1-4-15-9-10-18(21-12-15)14(3)25-17-8-6-7-16(11-17)20(13-24-20)19(22)23-5-2/h6-12,14H,4-5,13H2,1-3H3. The summed E-state index contributed by atoms with van der Waals surface area (Å²) in [6.07, 6.45) is 2.64. The first kappa shape index (κ1) is 17.4. The normalized spacial score (nSPS) is 20.0. The molecule has 0 aliphatic carbocycles. The van der Waals surface area contributed by atoms with Crippen LogP contribution in [0.1, 0.15) is 43.7 Å². The topological polar surface area (TPSA) is 61.0 Å². The Morgan fingerprint density at radius 1 is 1.32 bits per heavy atom. The smallest absolute Gasteiger partial charge is 0.345 e. The molecule has 0 radical (unpaired) electrons. The highest BCUT2D eigenvalue weighted by Crippen LogP contribution is 2.41. The Balaban J connectivity index is 1.74. The van der Waals surface area contributed by atoms with Gasteiger partial charge in [-0.1, -0.05) is 25.1 Å². The molecule has 25 heavy (non-hydrogen) atoms. The fourth-order valence-electron chi connectivity index (χ4n) is 2.69. The second kappa shape index (κ2) is 7.23. The van der Waals surface area contributed by atoms with E-state index in [1.165, 1.54) is 5.56 Å². The quantitative estimate of drug-likeness (QED) is 0.569. The predicted molar refractivity (Wildman–Crippen MR) is 93.4 cm³/mol. The zero-order valence-electron chi connectivity index (χ0n) is 14.8. The van der Waals surface area contributed by atoms with Gasteiger partial charge in [0, 0.05) is 11.8 Å². The Hall–Kier alpha value is -2.40. The zero-order valence-corrected chi connectivity index (χ0v) is 14.8. The highest BCUT2D eigenvalue weighted by atomic mass is 16.6. The summed E-state index contributed by atoms with van der Waals surface area (Å²) in [6, 6.07) is 11.5. The van der Waals surface area contributed by atoms with E-state index in [9.17, 15) is 4.79 Å². The summed E-state index contributed by atoms with van der Waals surface area (Å²) in [5, 5.41) is 0. The summed E-state index contributed by atoms with van der Waals surface area (Å²) in [7, 11) is 0. The Labute approximate surface area is 147 Å². The Bertz CT molecular complexity index is 738. The molecule has 0 N–H and O–H groups in total. The van der Waals surface area contributed by atoms with Crippen LogP contribution in [0, 0.1) is 0 Å². The number of hydrogen-bond acceptors (Lipinski definition) is 5. The van der Waals surface area contributed by atoms with Gasteiger partial charge in [0.15, 0.2) is 0 Å². The molecule has 3 rings (SSSR count). The molecule has 1 aromatic heterocycles. The Morgan fingerprint density at radius 3 is 2.72 bits per heavy atom. The zero-order chi connectivity index (χ0) is 17.9. The average Bonchev–Trinajstić information content (AvgIpc) is 3.44. The highest BCUT2D eigenvalue weighted by Gasteiger charge is 2.55. The molecule has 2 atom stereocenters. The van der Waals surface area contributed by atoms with Gasteiger partial charge in [0.2, 0.25) is 5.60 Å². The van der Waals surface area contributed by atoms with Crippen LogP contribution in [0.3, 0.4) is 0 Å². The van der Waals surface area contributed by atoms with E-state index in [0.717, 1.165) is 17.7 Å². The van der Waals surface area contributed by atoms with Crippen molar-refractivity contribution in [3.8, 4) is 5.75 Å². The first-order valence-electron chi connectivity index (χ1n) is 8.62.